The first kappa shape index (κ1) is 26.8. The van der Waals surface area contributed by atoms with E-state index in [1.165, 1.54) is 21.3 Å². The minimum atomic E-state index is -3.84. The molecule has 2 aromatic rings. The van der Waals surface area contributed by atoms with Gasteiger partial charge in [-0.1, -0.05) is 16.8 Å². The van der Waals surface area contributed by atoms with Crippen LogP contribution in [0.25, 0.3) is 0 Å². The highest BCUT2D eigenvalue weighted by molar-refractivity contribution is 7.89. The van der Waals surface area contributed by atoms with Crippen LogP contribution >= 0.6 is 11.6 Å². The van der Waals surface area contributed by atoms with Gasteiger partial charge >= 0.3 is 0 Å². The highest BCUT2D eigenvalue weighted by Crippen LogP contribution is 2.44. The molecule has 1 saturated carbocycles. The van der Waals surface area contributed by atoms with E-state index in [0.717, 1.165) is 12.1 Å². The van der Waals surface area contributed by atoms with Crippen molar-refractivity contribution < 1.29 is 26.4 Å². The Labute approximate surface area is 212 Å². The van der Waals surface area contributed by atoms with Crippen LogP contribution in [-0.2, 0) is 17.1 Å². The molecule has 4 rings (SSSR count). The molecule has 198 valence electrons. The van der Waals surface area contributed by atoms with Crippen LogP contribution in [-0.4, -0.2) is 82.2 Å². The minimum Gasteiger partial charge on any atom is -0.348 e. The van der Waals surface area contributed by atoms with Gasteiger partial charge < -0.3 is 5.32 Å². The van der Waals surface area contributed by atoms with Gasteiger partial charge in [0.25, 0.3) is 15.9 Å². The molecule has 2 fully saturated rings. The number of rotatable bonds is 6. The van der Waals surface area contributed by atoms with E-state index in [4.69, 9.17) is 11.6 Å². The van der Waals surface area contributed by atoms with Crippen molar-refractivity contribution in [2.75, 3.05) is 26.2 Å². The second-order valence-electron chi connectivity index (χ2n) is 9.40. The van der Waals surface area contributed by atoms with E-state index in [0.29, 0.717) is 13.1 Å². The van der Waals surface area contributed by atoms with Crippen molar-refractivity contribution in [3.8, 4) is 0 Å². The Bertz CT molecular complexity index is 1220. The third-order valence-corrected chi connectivity index (χ3v) is 9.30. The lowest BCUT2D eigenvalue weighted by Gasteiger charge is -2.53. The van der Waals surface area contributed by atoms with Crippen LogP contribution in [0.1, 0.15) is 43.0 Å². The molecular formula is C22H28ClF3N6O3S. The molecule has 1 aliphatic heterocycles. The first-order chi connectivity index (χ1) is 16.8. The Kier molecular flexibility index (Phi) is 7.39. The summed E-state index contributed by atoms with van der Waals surface area (Å²) in [6, 6.07) is 2.87. The largest absolute Gasteiger partial charge is 0.348 e. The number of aryl methyl sites for hydroxylation is 1. The predicted octanol–water partition coefficient (Wildman–Crippen LogP) is 2.68. The number of nitrogens with one attached hydrogen (secondary N) is 1. The highest BCUT2D eigenvalue weighted by Gasteiger charge is 2.51. The van der Waals surface area contributed by atoms with Crippen molar-refractivity contribution in [3.63, 3.8) is 0 Å². The Balaban J connectivity index is 1.52. The second kappa shape index (κ2) is 9.92. The molecule has 1 aliphatic carbocycles. The maximum atomic E-state index is 14.1. The summed E-state index contributed by atoms with van der Waals surface area (Å²) in [4.78, 5) is 14.9. The molecule has 0 radical (unpaired) electrons. The summed E-state index contributed by atoms with van der Waals surface area (Å²) in [6.45, 7) is 2.62. The lowest BCUT2D eigenvalue weighted by atomic mass is 9.73. The molecule has 1 aromatic heterocycles. The van der Waals surface area contributed by atoms with Gasteiger partial charge in [0.05, 0.1) is 16.8 Å². The Hall–Kier alpha value is -2.22. The molecule has 2 heterocycles. The zero-order valence-corrected chi connectivity index (χ0v) is 21.5. The molecule has 1 unspecified atom stereocenters. The first-order valence-electron chi connectivity index (χ1n) is 11.6. The summed E-state index contributed by atoms with van der Waals surface area (Å²) in [6.07, 6.45) is 0.876. The van der Waals surface area contributed by atoms with E-state index in [9.17, 15) is 26.4 Å². The number of sulfonamides is 1. The quantitative estimate of drug-likeness (QED) is 0.596. The summed E-state index contributed by atoms with van der Waals surface area (Å²) in [5, 5.41) is 10.1. The van der Waals surface area contributed by atoms with Gasteiger partial charge in [-0.05, 0) is 38.0 Å². The van der Waals surface area contributed by atoms with Crippen LogP contribution in [0.4, 0.5) is 13.2 Å². The Morgan fingerprint density at radius 1 is 1.14 bits per heavy atom. The van der Waals surface area contributed by atoms with Crippen molar-refractivity contribution in [1.29, 1.82) is 0 Å². The number of piperazine rings is 1. The fraction of sp³-hybridized carbons (Fsp3) is 0.591. The lowest BCUT2D eigenvalue weighted by Crippen LogP contribution is -2.67. The third kappa shape index (κ3) is 5.24. The van der Waals surface area contributed by atoms with E-state index in [1.54, 1.807) is 14.0 Å². The number of hydrogen-bond acceptors (Lipinski definition) is 6. The van der Waals surface area contributed by atoms with Crippen LogP contribution in [0.15, 0.2) is 29.4 Å². The first-order valence-corrected chi connectivity index (χ1v) is 13.4. The molecule has 14 heteroatoms. The van der Waals surface area contributed by atoms with Gasteiger partial charge in [0.15, 0.2) is 0 Å². The molecule has 1 aromatic carbocycles. The standard InChI is InChI=1S/C22H28ClF3N6O3S/c1-15(27-20(33)17-4-3-16(24)13-18(17)23)21(5-7-22(25,26)8-6-21)31-9-11-32(12-10-31)36(34,35)19-14-30(2)29-28-19/h3-4,13-15H,5-12H2,1-2H3,(H,27,33). The predicted molar refractivity (Wildman–Crippen MR) is 126 cm³/mol. The van der Waals surface area contributed by atoms with Crippen LogP contribution in [0.5, 0.6) is 0 Å². The average Bonchev–Trinajstić information content (AvgIpc) is 3.26. The van der Waals surface area contributed by atoms with E-state index < -0.39 is 39.3 Å². The highest BCUT2D eigenvalue weighted by atomic mass is 35.5. The van der Waals surface area contributed by atoms with Gasteiger partial charge in [0.1, 0.15) is 5.82 Å². The fourth-order valence-electron chi connectivity index (χ4n) is 5.10. The molecule has 0 bridgehead atoms. The van der Waals surface area contributed by atoms with Crippen molar-refractivity contribution in [2.24, 2.45) is 7.05 Å². The molecular weight excluding hydrogens is 521 g/mol. The fourth-order valence-corrected chi connectivity index (χ4v) is 6.69. The number of carbonyl (C=O) groups is 1. The third-order valence-electron chi connectivity index (χ3n) is 7.23. The average molecular weight is 549 g/mol. The molecule has 1 saturated heterocycles. The summed E-state index contributed by atoms with van der Waals surface area (Å²) < 4.78 is 70.2. The summed E-state index contributed by atoms with van der Waals surface area (Å²) in [7, 11) is -2.27. The molecule has 9 nitrogen and oxygen atoms in total. The maximum Gasteiger partial charge on any atom is 0.264 e. The van der Waals surface area contributed by atoms with Crippen molar-refractivity contribution >= 4 is 27.5 Å². The Morgan fingerprint density at radius 2 is 1.78 bits per heavy atom. The number of aromatic nitrogens is 3. The molecule has 36 heavy (non-hydrogen) atoms. The summed E-state index contributed by atoms with van der Waals surface area (Å²) in [5.74, 6) is -3.91. The molecule has 2 aliphatic rings. The molecule has 1 atom stereocenters. The van der Waals surface area contributed by atoms with Gasteiger partial charge in [-0.2, -0.15) is 4.31 Å². The number of hydrogen-bond donors (Lipinski definition) is 1. The van der Waals surface area contributed by atoms with Crippen molar-refractivity contribution in [1.82, 2.24) is 29.5 Å². The normalized spacial score (nSPS) is 21.7. The number of alkyl halides is 2. The zero-order chi connectivity index (χ0) is 26.3. The van der Waals surface area contributed by atoms with Crippen LogP contribution in [0, 0.1) is 5.82 Å². The SMILES string of the molecule is CC(NC(=O)c1ccc(F)cc1Cl)C1(N2CCN(S(=O)(=O)c3cn(C)nn3)CC2)CCC(F)(F)CC1. The van der Waals surface area contributed by atoms with Gasteiger partial charge in [-0.25, -0.2) is 21.6 Å². The monoisotopic (exact) mass is 548 g/mol. The van der Waals surface area contributed by atoms with E-state index >= 15 is 0 Å². The Morgan fingerprint density at radius 3 is 2.33 bits per heavy atom. The van der Waals surface area contributed by atoms with E-state index in [2.05, 4.69) is 15.6 Å². The second-order valence-corrected chi connectivity index (χ2v) is 11.7. The van der Waals surface area contributed by atoms with Gasteiger partial charge in [-0.3, -0.25) is 14.4 Å². The van der Waals surface area contributed by atoms with Crippen LogP contribution in [0.3, 0.4) is 0 Å². The smallest absolute Gasteiger partial charge is 0.264 e. The molecule has 1 N–H and O–H groups in total. The van der Waals surface area contributed by atoms with Crippen molar-refractivity contribution in [2.45, 2.75) is 55.1 Å². The molecule has 0 spiro atoms. The topological polar surface area (TPSA) is 100 Å². The summed E-state index contributed by atoms with van der Waals surface area (Å²) >= 11 is 6.04. The van der Waals surface area contributed by atoms with Gasteiger partial charge in [0.2, 0.25) is 10.9 Å². The van der Waals surface area contributed by atoms with Gasteiger partial charge in [0, 0.05) is 57.6 Å². The summed E-state index contributed by atoms with van der Waals surface area (Å²) in [5.41, 5.74) is -0.729. The molecule has 1 amide bonds. The van der Waals surface area contributed by atoms with E-state index in [-0.39, 0.29) is 54.4 Å². The van der Waals surface area contributed by atoms with Crippen LogP contribution < -0.4 is 5.32 Å². The number of benzene rings is 1. The zero-order valence-electron chi connectivity index (χ0n) is 19.9. The number of nitrogens with zero attached hydrogens (tertiary/aromatic N) is 5. The number of carbonyl (C=O) groups excluding carboxylic acids is 1. The van der Waals surface area contributed by atoms with E-state index in [1.807, 2.05) is 4.90 Å². The number of amides is 1. The number of halogens is 4. The maximum absolute atomic E-state index is 14.1. The van der Waals surface area contributed by atoms with Crippen LogP contribution in [0.2, 0.25) is 5.02 Å². The van der Waals surface area contributed by atoms with Crippen molar-refractivity contribution in [3.05, 3.63) is 40.8 Å². The minimum absolute atomic E-state index is 0.0493. The van der Waals surface area contributed by atoms with Gasteiger partial charge in [-0.15, -0.1) is 5.10 Å². The lowest BCUT2D eigenvalue weighted by molar-refractivity contribution is -0.0948.